The van der Waals surface area contributed by atoms with Crippen molar-refractivity contribution in [3.05, 3.63) is 78.0 Å². The van der Waals surface area contributed by atoms with Crippen LogP contribution in [0.2, 0.25) is 0 Å². The van der Waals surface area contributed by atoms with Crippen molar-refractivity contribution in [3.63, 3.8) is 0 Å². The second-order valence-corrected chi connectivity index (χ2v) is 7.60. The lowest BCUT2D eigenvalue weighted by Gasteiger charge is -2.08. The maximum absolute atomic E-state index is 13.2. The standard InChI is InChI=1S/C24H20N8O3/c1-14(16-11-10-15-6-3-4-7-17(15)12-16)26-28-24(33)20-21(18-8-5-9-19(13-18)34-2)32(31-27-20)23-22(25)29-35-30-23/h3-13H,1-2H3,(H2,25,29)(H,28,33)/b26-14+. The van der Waals surface area contributed by atoms with E-state index < -0.39 is 5.91 Å². The molecule has 0 aliphatic heterocycles. The quantitative estimate of drug-likeness (QED) is 0.285. The second kappa shape index (κ2) is 9.06. The summed E-state index contributed by atoms with van der Waals surface area (Å²) in [6, 6.07) is 21.1. The van der Waals surface area contributed by atoms with Gasteiger partial charge in [0.25, 0.3) is 5.91 Å². The molecule has 0 fully saturated rings. The number of hydrogen-bond donors (Lipinski definition) is 2. The molecule has 3 aromatic carbocycles. The highest BCUT2D eigenvalue weighted by atomic mass is 16.6. The average molecular weight is 468 g/mol. The summed E-state index contributed by atoms with van der Waals surface area (Å²) in [6.07, 6.45) is 0. The van der Waals surface area contributed by atoms with Crippen LogP contribution in [0.15, 0.2) is 76.5 Å². The molecule has 5 rings (SSSR count). The SMILES string of the molecule is COc1cccc(-c2c(C(=O)N/N=C(\C)c3ccc4ccccc4c3)nnn2-c2nonc2N)c1. The molecule has 5 aromatic rings. The Bertz CT molecular complexity index is 1570. The van der Waals surface area contributed by atoms with Crippen molar-refractivity contribution in [2.45, 2.75) is 6.92 Å². The molecule has 174 valence electrons. The van der Waals surface area contributed by atoms with Gasteiger partial charge in [0, 0.05) is 5.56 Å². The number of nitrogens with zero attached hydrogens (tertiary/aromatic N) is 6. The Morgan fingerprint density at radius 1 is 1.06 bits per heavy atom. The van der Waals surface area contributed by atoms with Gasteiger partial charge in [-0.05, 0) is 51.8 Å². The van der Waals surface area contributed by atoms with Crippen molar-refractivity contribution in [2.75, 3.05) is 12.8 Å². The molecule has 0 spiro atoms. The summed E-state index contributed by atoms with van der Waals surface area (Å²) in [4.78, 5) is 13.2. The van der Waals surface area contributed by atoms with Crippen LogP contribution >= 0.6 is 0 Å². The molecule has 0 radical (unpaired) electrons. The van der Waals surface area contributed by atoms with Crippen LogP contribution in [-0.4, -0.2) is 44.0 Å². The molecule has 3 N–H and O–H groups in total. The maximum Gasteiger partial charge on any atom is 0.294 e. The zero-order valence-corrected chi connectivity index (χ0v) is 18.8. The first-order valence-corrected chi connectivity index (χ1v) is 10.6. The minimum absolute atomic E-state index is 0.00354. The van der Waals surface area contributed by atoms with Gasteiger partial charge < -0.3 is 10.5 Å². The van der Waals surface area contributed by atoms with Gasteiger partial charge in [-0.15, -0.1) is 5.10 Å². The van der Waals surface area contributed by atoms with Crippen LogP contribution < -0.4 is 15.9 Å². The Kier molecular flexibility index (Phi) is 5.63. The zero-order valence-electron chi connectivity index (χ0n) is 18.8. The number of hydrazone groups is 1. The number of aromatic nitrogens is 5. The summed E-state index contributed by atoms with van der Waals surface area (Å²) in [6.45, 7) is 1.81. The topological polar surface area (TPSA) is 146 Å². The summed E-state index contributed by atoms with van der Waals surface area (Å²) >= 11 is 0. The van der Waals surface area contributed by atoms with E-state index in [4.69, 9.17) is 15.1 Å². The van der Waals surface area contributed by atoms with E-state index in [1.54, 1.807) is 31.4 Å². The van der Waals surface area contributed by atoms with E-state index in [2.05, 4.69) is 31.2 Å². The summed E-state index contributed by atoms with van der Waals surface area (Å²) < 4.78 is 11.3. The van der Waals surface area contributed by atoms with Crippen LogP contribution in [0.5, 0.6) is 5.75 Å². The number of carbonyl (C=O) groups excluding carboxylic acids is 1. The fourth-order valence-corrected chi connectivity index (χ4v) is 3.62. The van der Waals surface area contributed by atoms with E-state index >= 15 is 0 Å². The van der Waals surface area contributed by atoms with Gasteiger partial charge in [0.1, 0.15) is 11.4 Å². The van der Waals surface area contributed by atoms with Gasteiger partial charge in [-0.2, -0.15) is 9.78 Å². The lowest BCUT2D eigenvalue weighted by Crippen LogP contribution is -2.21. The van der Waals surface area contributed by atoms with Gasteiger partial charge >= 0.3 is 0 Å². The number of ether oxygens (including phenoxy) is 1. The molecule has 35 heavy (non-hydrogen) atoms. The van der Waals surface area contributed by atoms with Crippen molar-refractivity contribution < 1.29 is 14.2 Å². The van der Waals surface area contributed by atoms with Gasteiger partial charge in [0.2, 0.25) is 11.6 Å². The van der Waals surface area contributed by atoms with Crippen LogP contribution in [0.3, 0.4) is 0 Å². The molecule has 1 amide bonds. The van der Waals surface area contributed by atoms with Gasteiger partial charge in [0.15, 0.2) is 5.69 Å². The van der Waals surface area contributed by atoms with E-state index in [0.717, 1.165) is 16.3 Å². The molecule has 0 atom stereocenters. The van der Waals surface area contributed by atoms with Gasteiger partial charge in [-0.25, -0.2) is 10.1 Å². The Morgan fingerprint density at radius 2 is 1.89 bits per heavy atom. The van der Waals surface area contributed by atoms with E-state index in [9.17, 15) is 4.79 Å². The second-order valence-electron chi connectivity index (χ2n) is 7.60. The predicted octanol–water partition coefficient (Wildman–Crippen LogP) is 3.22. The average Bonchev–Trinajstić information content (AvgIpc) is 3.52. The molecule has 11 nitrogen and oxygen atoms in total. The Labute approximate surface area is 199 Å². The molecule has 0 saturated carbocycles. The third kappa shape index (κ3) is 4.17. The number of nitrogen functional groups attached to an aromatic ring is 1. The Hall–Kier alpha value is -5.06. The molecular formula is C24H20N8O3. The monoisotopic (exact) mass is 468 g/mol. The molecule has 2 heterocycles. The fourth-order valence-electron chi connectivity index (χ4n) is 3.62. The zero-order chi connectivity index (χ0) is 24.4. The number of nitrogens with one attached hydrogen (secondary N) is 1. The number of methoxy groups -OCH3 is 1. The first kappa shape index (κ1) is 21.8. The van der Waals surface area contributed by atoms with E-state index in [1.807, 2.05) is 49.4 Å². The molecule has 2 aromatic heterocycles. The highest BCUT2D eigenvalue weighted by molar-refractivity contribution is 6.04. The van der Waals surface area contributed by atoms with Crippen molar-refractivity contribution >= 4 is 28.2 Å². The van der Waals surface area contributed by atoms with Gasteiger partial charge in [0.05, 0.1) is 12.8 Å². The third-order valence-electron chi connectivity index (χ3n) is 5.42. The van der Waals surface area contributed by atoms with E-state index in [0.29, 0.717) is 22.7 Å². The molecule has 0 unspecified atom stereocenters. The van der Waals surface area contributed by atoms with Crippen LogP contribution in [0.4, 0.5) is 5.82 Å². The first-order chi connectivity index (χ1) is 17.0. The van der Waals surface area contributed by atoms with Crippen molar-refractivity contribution in [2.24, 2.45) is 5.10 Å². The highest BCUT2D eigenvalue weighted by Gasteiger charge is 2.25. The predicted molar refractivity (Wildman–Crippen MR) is 129 cm³/mol. The van der Waals surface area contributed by atoms with Crippen molar-refractivity contribution in [1.29, 1.82) is 0 Å². The smallest absolute Gasteiger partial charge is 0.294 e. The Balaban J connectivity index is 1.50. The first-order valence-electron chi connectivity index (χ1n) is 10.6. The normalized spacial score (nSPS) is 11.5. The summed E-state index contributed by atoms with van der Waals surface area (Å²) in [5, 5.41) is 22.0. The van der Waals surface area contributed by atoms with Crippen LogP contribution in [0.25, 0.3) is 27.8 Å². The summed E-state index contributed by atoms with van der Waals surface area (Å²) in [5.41, 5.74) is 10.9. The van der Waals surface area contributed by atoms with E-state index in [-0.39, 0.29) is 17.3 Å². The highest BCUT2D eigenvalue weighted by Crippen LogP contribution is 2.29. The van der Waals surface area contributed by atoms with Crippen LogP contribution in [-0.2, 0) is 0 Å². The largest absolute Gasteiger partial charge is 0.497 e. The number of benzene rings is 3. The minimum atomic E-state index is -0.566. The maximum atomic E-state index is 13.2. The number of amides is 1. The molecular weight excluding hydrogens is 448 g/mol. The number of nitrogens with two attached hydrogens (primary N) is 1. The van der Waals surface area contributed by atoms with Gasteiger partial charge in [-0.3, -0.25) is 4.79 Å². The summed E-state index contributed by atoms with van der Waals surface area (Å²) in [5.74, 6) is 0.114. The fraction of sp³-hybridized carbons (Fsp3) is 0.0833. The number of carbonyl (C=O) groups is 1. The van der Waals surface area contributed by atoms with Gasteiger partial charge in [-0.1, -0.05) is 53.7 Å². The third-order valence-corrected chi connectivity index (χ3v) is 5.42. The number of rotatable bonds is 6. The molecule has 0 aliphatic rings. The van der Waals surface area contributed by atoms with Crippen molar-refractivity contribution in [1.82, 2.24) is 30.7 Å². The number of hydrogen-bond acceptors (Lipinski definition) is 9. The lowest BCUT2D eigenvalue weighted by molar-refractivity contribution is 0.0950. The molecule has 0 saturated heterocycles. The van der Waals surface area contributed by atoms with Crippen molar-refractivity contribution in [3.8, 4) is 22.8 Å². The Morgan fingerprint density at radius 3 is 2.66 bits per heavy atom. The molecule has 0 bridgehead atoms. The van der Waals surface area contributed by atoms with Crippen LogP contribution in [0.1, 0.15) is 23.0 Å². The number of fused-ring (bicyclic) bond motifs is 1. The molecule has 0 aliphatic carbocycles. The molecule has 11 heteroatoms. The number of anilines is 1. The minimum Gasteiger partial charge on any atom is -0.497 e. The summed E-state index contributed by atoms with van der Waals surface area (Å²) in [7, 11) is 1.55. The lowest BCUT2D eigenvalue weighted by atomic mass is 10.0. The van der Waals surface area contributed by atoms with E-state index in [1.165, 1.54) is 4.68 Å². The van der Waals surface area contributed by atoms with Crippen LogP contribution in [0, 0.1) is 0 Å².